The Morgan fingerprint density at radius 1 is 1.20 bits per heavy atom. The molecule has 0 N–H and O–H groups in total. The summed E-state index contributed by atoms with van der Waals surface area (Å²) in [4.78, 5) is 11.6. The number of carbonyl (C=O) groups excluding carboxylic acids is 1. The minimum Gasteiger partial charge on any atom is -0.465 e. The van der Waals surface area contributed by atoms with E-state index in [1.165, 1.54) is 7.11 Å². The third-order valence-corrected chi connectivity index (χ3v) is 4.82. The van der Waals surface area contributed by atoms with Crippen molar-refractivity contribution in [3.63, 3.8) is 0 Å². The van der Waals surface area contributed by atoms with E-state index in [-0.39, 0.29) is 17.2 Å². The Morgan fingerprint density at radius 3 is 2.20 bits per heavy atom. The quantitative estimate of drug-likeness (QED) is 0.444. The first-order valence-electron chi connectivity index (χ1n) is 6.41. The molecule has 20 heavy (non-hydrogen) atoms. The Balaban J connectivity index is 2.28. The van der Waals surface area contributed by atoms with E-state index in [0.717, 1.165) is 9.03 Å². The zero-order chi connectivity index (χ0) is 15.1. The standard InChI is InChI=1S/C14H18BIO4/c1-13(2)14(3,4)20-15(19-13)9-6-7-10(11(16)8-9)12(17)18-5/h6-8H,1-5H3. The summed E-state index contributed by atoms with van der Waals surface area (Å²) in [5.41, 5.74) is 0.711. The van der Waals surface area contributed by atoms with Gasteiger partial charge in [0.05, 0.1) is 23.9 Å². The van der Waals surface area contributed by atoms with Crippen molar-refractivity contribution < 1.29 is 18.8 Å². The second-order valence-corrected chi connectivity index (χ2v) is 6.98. The van der Waals surface area contributed by atoms with E-state index in [1.54, 1.807) is 6.07 Å². The maximum absolute atomic E-state index is 11.6. The number of esters is 1. The monoisotopic (exact) mass is 388 g/mol. The topological polar surface area (TPSA) is 44.8 Å². The van der Waals surface area contributed by atoms with Crippen LogP contribution in [0.4, 0.5) is 0 Å². The fourth-order valence-electron chi connectivity index (χ4n) is 1.93. The van der Waals surface area contributed by atoms with Gasteiger partial charge in [-0.15, -0.1) is 0 Å². The molecule has 108 valence electrons. The fraction of sp³-hybridized carbons (Fsp3) is 0.500. The van der Waals surface area contributed by atoms with Crippen LogP contribution in [0.25, 0.3) is 0 Å². The highest BCUT2D eigenvalue weighted by molar-refractivity contribution is 14.1. The lowest BCUT2D eigenvalue weighted by atomic mass is 9.79. The van der Waals surface area contributed by atoms with Crippen LogP contribution in [0.3, 0.4) is 0 Å². The summed E-state index contributed by atoms with van der Waals surface area (Å²) in [5.74, 6) is -0.338. The second-order valence-electron chi connectivity index (χ2n) is 5.82. The molecule has 1 aromatic carbocycles. The van der Waals surface area contributed by atoms with Gasteiger partial charge in [0.15, 0.2) is 0 Å². The van der Waals surface area contributed by atoms with Crippen LogP contribution in [0.5, 0.6) is 0 Å². The summed E-state index contributed by atoms with van der Waals surface area (Å²) in [6.07, 6.45) is 0. The molecule has 1 heterocycles. The molecule has 1 saturated heterocycles. The first-order valence-corrected chi connectivity index (χ1v) is 7.49. The summed E-state index contributed by atoms with van der Waals surface area (Å²) in [6.45, 7) is 8.06. The summed E-state index contributed by atoms with van der Waals surface area (Å²) in [5, 5.41) is 0. The van der Waals surface area contributed by atoms with Crippen LogP contribution in [0.15, 0.2) is 18.2 Å². The molecule has 6 heteroatoms. The van der Waals surface area contributed by atoms with Gasteiger partial charge in [0.2, 0.25) is 0 Å². The Hall–Kier alpha value is -0.595. The van der Waals surface area contributed by atoms with Gasteiger partial charge in [-0.2, -0.15) is 0 Å². The molecule has 1 aromatic rings. The van der Waals surface area contributed by atoms with Crippen molar-refractivity contribution in [2.75, 3.05) is 7.11 Å². The molecule has 4 nitrogen and oxygen atoms in total. The fourth-order valence-corrected chi connectivity index (χ4v) is 2.69. The van der Waals surface area contributed by atoms with E-state index in [1.807, 2.05) is 39.8 Å². The molecule has 0 unspecified atom stereocenters. The summed E-state index contributed by atoms with van der Waals surface area (Å²) >= 11 is 2.12. The van der Waals surface area contributed by atoms with Crippen LogP contribution >= 0.6 is 22.6 Å². The van der Waals surface area contributed by atoms with E-state index in [0.29, 0.717) is 5.56 Å². The normalized spacial score (nSPS) is 20.0. The minimum atomic E-state index is -0.416. The van der Waals surface area contributed by atoms with Gasteiger partial charge in [-0.25, -0.2) is 4.79 Å². The van der Waals surface area contributed by atoms with Crippen molar-refractivity contribution in [1.82, 2.24) is 0 Å². The Kier molecular flexibility index (Phi) is 4.19. The number of halogens is 1. The Bertz CT molecular complexity index is 526. The third kappa shape index (κ3) is 2.73. The highest BCUT2D eigenvalue weighted by atomic mass is 127. The lowest BCUT2D eigenvalue weighted by Crippen LogP contribution is -2.41. The van der Waals surface area contributed by atoms with Gasteiger partial charge < -0.3 is 14.0 Å². The number of benzene rings is 1. The summed E-state index contributed by atoms with van der Waals surface area (Å²) in [7, 11) is 0.959. The van der Waals surface area contributed by atoms with E-state index in [4.69, 9.17) is 14.0 Å². The van der Waals surface area contributed by atoms with E-state index < -0.39 is 7.12 Å². The minimum absolute atomic E-state index is 0.338. The van der Waals surface area contributed by atoms with Gasteiger partial charge in [-0.3, -0.25) is 0 Å². The van der Waals surface area contributed by atoms with Gasteiger partial charge in [0, 0.05) is 3.57 Å². The number of hydrogen-bond acceptors (Lipinski definition) is 4. The highest BCUT2D eigenvalue weighted by Gasteiger charge is 2.51. The molecule has 1 aliphatic heterocycles. The smallest absolute Gasteiger partial charge is 0.465 e. The molecular weight excluding hydrogens is 370 g/mol. The maximum atomic E-state index is 11.6. The summed E-state index contributed by atoms with van der Waals surface area (Å²) < 4.78 is 17.5. The van der Waals surface area contributed by atoms with Crippen LogP contribution < -0.4 is 5.46 Å². The van der Waals surface area contributed by atoms with Crippen LogP contribution in [0.1, 0.15) is 38.1 Å². The average Bonchev–Trinajstić information content (AvgIpc) is 2.57. The lowest BCUT2D eigenvalue weighted by Gasteiger charge is -2.32. The summed E-state index contributed by atoms with van der Waals surface area (Å²) in [6, 6.07) is 5.49. The van der Waals surface area contributed by atoms with Gasteiger partial charge in [-0.05, 0) is 67.9 Å². The Morgan fingerprint density at radius 2 is 1.75 bits per heavy atom. The first-order chi connectivity index (χ1) is 9.18. The average molecular weight is 388 g/mol. The van der Waals surface area contributed by atoms with Gasteiger partial charge in [-0.1, -0.05) is 6.07 Å². The second kappa shape index (κ2) is 5.31. The molecule has 1 aliphatic rings. The van der Waals surface area contributed by atoms with Crippen LogP contribution in [0.2, 0.25) is 0 Å². The number of carbonyl (C=O) groups is 1. The molecular formula is C14H18BIO4. The molecule has 1 fully saturated rings. The molecule has 2 rings (SSSR count). The zero-order valence-corrected chi connectivity index (χ0v) is 14.5. The van der Waals surface area contributed by atoms with Gasteiger partial charge >= 0.3 is 13.1 Å². The lowest BCUT2D eigenvalue weighted by molar-refractivity contribution is 0.00578. The molecule has 0 aromatic heterocycles. The number of ether oxygens (including phenoxy) is 1. The van der Waals surface area contributed by atoms with Crippen LogP contribution in [-0.4, -0.2) is 31.4 Å². The van der Waals surface area contributed by atoms with Crippen molar-refractivity contribution in [2.45, 2.75) is 38.9 Å². The predicted octanol–water partition coefficient (Wildman–Crippen LogP) is 2.38. The molecule has 0 bridgehead atoms. The molecule has 0 radical (unpaired) electrons. The SMILES string of the molecule is COC(=O)c1ccc(B2OC(C)(C)C(C)(C)O2)cc1I. The van der Waals surface area contributed by atoms with E-state index >= 15 is 0 Å². The van der Waals surface area contributed by atoms with Crippen molar-refractivity contribution >= 4 is 41.1 Å². The molecule has 0 saturated carbocycles. The van der Waals surface area contributed by atoms with Crippen LogP contribution in [-0.2, 0) is 14.0 Å². The van der Waals surface area contributed by atoms with E-state index in [2.05, 4.69) is 22.6 Å². The van der Waals surface area contributed by atoms with Gasteiger partial charge in [0.1, 0.15) is 0 Å². The Labute approximate surface area is 133 Å². The first kappa shape index (κ1) is 15.8. The van der Waals surface area contributed by atoms with Crippen LogP contribution in [0, 0.1) is 3.57 Å². The largest absolute Gasteiger partial charge is 0.494 e. The number of methoxy groups -OCH3 is 1. The predicted molar refractivity (Wildman–Crippen MR) is 86.2 cm³/mol. The molecule has 0 spiro atoms. The van der Waals surface area contributed by atoms with Crippen molar-refractivity contribution in [1.29, 1.82) is 0 Å². The van der Waals surface area contributed by atoms with Crippen molar-refractivity contribution in [2.24, 2.45) is 0 Å². The third-order valence-electron chi connectivity index (χ3n) is 3.92. The number of hydrogen-bond donors (Lipinski definition) is 0. The van der Waals surface area contributed by atoms with Crippen molar-refractivity contribution in [3.05, 3.63) is 27.3 Å². The maximum Gasteiger partial charge on any atom is 0.494 e. The zero-order valence-electron chi connectivity index (χ0n) is 12.3. The van der Waals surface area contributed by atoms with Crippen molar-refractivity contribution in [3.8, 4) is 0 Å². The van der Waals surface area contributed by atoms with E-state index in [9.17, 15) is 4.79 Å². The molecule has 0 atom stereocenters. The van der Waals surface area contributed by atoms with Gasteiger partial charge in [0.25, 0.3) is 0 Å². The highest BCUT2D eigenvalue weighted by Crippen LogP contribution is 2.36. The number of rotatable bonds is 2. The molecule has 0 aliphatic carbocycles. The molecule has 0 amide bonds.